The molecule has 2 atom stereocenters. The second-order valence-corrected chi connectivity index (χ2v) is 48.5. The normalized spacial score (nSPS) is 17.2. The molecule has 6 heterocycles. The Kier molecular flexibility index (Phi) is 34.5. The second kappa shape index (κ2) is 39.5. The van der Waals surface area contributed by atoms with Crippen LogP contribution in [0.1, 0.15) is 351 Å². The number of hydrogen-bond acceptors (Lipinski definition) is 8. The lowest BCUT2D eigenvalue weighted by atomic mass is 9.83. The van der Waals surface area contributed by atoms with Gasteiger partial charge in [-0.3, -0.25) is 0 Å². The first-order valence-electron chi connectivity index (χ1n) is 39.4. The summed E-state index contributed by atoms with van der Waals surface area (Å²) in [6, 6.07) is 5.44. The highest BCUT2D eigenvalue weighted by molar-refractivity contribution is 7.40. The quantitative estimate of drug-likeness (QED) is 0.0326. The average Bonchev–Trinajstić information content (AvgIpc) is 1.56. The molecule has 0 radical (unpaired) electrons. The molecule has 0 aromatic carbocycles. The van der Waals surface area contributed by atoms with Crippen molar-refractivity contribution < 1.29 is 18.6 Å². The maximum absolute atomic E-state index is 7.23. The van der Waals surface area contributed by atoms with E-state index in [0.29, 0.717) is 0 Å². The third-order valence-electron chi connectivity index (χ3n) is 21.9. The number of fused-ring (bicyclic) bond motifs is 1. The lowest BCUT2D eigenvalue weighted by Gasteiger charge is -2.32. The SMILES string of the molecule is CCCCCCCCCCCCC(CCCCCCCCCC)Cc1cc(-c2c(B3OC(C)(C)C(C)(C)O3)sc3c(-c4cc(CC(CCCCCCCCCC)CCCCCCCCCCCC)c([Si](C)(C)C)s4)c(B4OC(C)(C)C(C)(C)O4)sc23)sc1[Si](C)(C)C. The van der Waals surface area contributed by atoms with Gasteiger partial charge in [0.05, 0.1) is 48.0 Å². The van der Waals surface area contributed by atoms with Crippen molar-refractivity contribution in [1.29, 1.82) is 0 Å². The molecule has 0 bridgehead atoms. The van der Waals surface area contributed by atoms with Crippen molar-refractivity contribution in [2.45, 2.75) is 414 Å². The minimum Gasteiger partial charge on any atom is -0.399 e. The lowest BCUT2D eigenvalue weighted by Crippen LogP contribution is -2.41. The van der Waals surface area contributed by atoms with Gasteiger partial charge in [-0.05, 0) is 112 Å². The van der Waals surface area contributed by atoms with Crippen LogP contribution in [0.4, 0.5) is 0 Å². The molecule has 2 unspecified atom stereocenters. The predicted octanol–water partition coefficient (Wildman–Crippen LogP) is 26.1. The molecule has 4 nitrogen and oxygen atoms in total. The molecular weight excluding hydrogens is 1230 g/mol. The zero-order chi connectivity index (χ0) is 67.0. The number of unbranched alkanes of at least 4 members (excludes halogenated alkanes) is 32. The molecule has 0 amide bonds. The maximum atomic E-state index is 7.23. The standard InChI is InChI=1S/C80H142B2O4S4Si2/c1-19-23-27-31-35-39-41-45-49-53-57-63(55-51-47-43-37-33-29-25-21-3)59-65-61-67(87-75(65)91(13,14)15)69-71-72(90-73(69)81-83-77(5,6)78(7,8)84-81)70(74(89-71)82-85-79(9,10)80(11,12)86-82)68-62-66(76(88-68)92(16,17)18)60-64(56-52-48-44-38-34-30-26-22-4)58-54-50-46-42-40-36-32-28-24-20-2/h61-64H,19-60H2,1-18H3. The molecule has 12 heteroatoms. The Morgan fingerprint density at radius 2 is 0.543 bits per heavy atom. The fourth-order valence-corrected chi connectivity index (χ4v) is 25.2. The van der Waals surface area contributed by atoms with Crippen LogP contribution in [0.15, 0.2) is 12.1 Å². The van der Waals surface area contributed by atoms with Gasteiger partial charge in [-0.2, -0.15) is 0 Å². The first kappa shape index (κ1) is 80.4. The van der Waals surface area contributed by atoms with E-state index in [-0.39, 0.29) is 0 Å². The lowest BCUT2D eigenvalue weighted by molar-refractivity contribution is 0.00578. The summed E-state index contributed by atoms with van der Waals surface area (Å²) in [6.45, 7) is 42.9. The van der Waals surface area contributed by atoms with Gasteiger partial charge in [0.25, 0.3) is 0 Å². The van der Waals surface area contributed by atoms with Gasteiger partial charge in [0, 0.05) is 30.4 Å². The molecule has 2 aliphatic heterocycles. The van der Waals surface area contributed by atoms with Crippen molar-refractivity contribution in [2.24, 2.45) is 11.8 Å². The second-order valence-electron chi connectivity index (χ2n) is 33.6. The van der Waals surface area contributed by atoms with Crippen molar-refractivity contribution in [2.75, 3.05) is 0 Å². The summed E-state index contributed by atoms with van der Waals surface area (Å²) >= 11 is 8.21. The topological polar surface area (TPSA) is 36.9 Å². The average molecular weight is 1370 g/mol. The summed E-state index contributed by atoms with van der Waals surface area (Å²) in [4.78, 5) is 2.83. The van der Waals surface area contributed by atoms with Gasteiger partial charge >= 0.3 is 14.2 Å². The third kappa shape index (κ3) is 24.4. The van der Waals surface area contributed by atoms with Crippen LogP contribution < -0.4 is 18.6 Å². The Hall–Kier alpha value is -0.536. The monoisotopic (exact) mass is 1370 g/mol. The molecule has 0 saturated carbocycles. The van der Waals surface area contributed by atoms with E-state index in [4.69, 9.17) is 18.6 Å². The van der Waals surface area contributed by atoms with E-state index in [2.05, 4.69) is 157 Å². The van der Waals surface area contributed by atoms with Gasteiger partial charge < -0.3 is 18.6 Å². The molecule has 2 aliphatic rings. The van der Waals surface area contributed by atoms with Crippen LogP contribution in [0.25, 0.3) is 30.3 Å². The molecular formula is C80H142B2O4S4Si2. The van der Waals surface area contributed by atoms with Crippen molar-refractivity contribution in [3.05, 3.63) is 23.3 Å². The molecule has 2 fully saturated rings. The van der Waals surface area contributed by atoms with E-state index in [0.717, 1.165) is 11.8 Å². The largest absolute Gasteiger partial charge is 0.506 e. The van der Waals surface area contributed by atoms with Gasteiger partial charge in [-0.25, -0.2) is 0 Å². The highest BCUT2D eigenvalue weighted by Crippen LogP contribution is 2.49. The van der Waals surface area contributed by atoms with Gasteiger partial charge in [-0.15, -0.1) is 45.3 Å². The van der Waals surface area contributed by atoms with E-state index in [1.807, 2.05) is 22.7 Å². The van der Waals surface area contributed by atoms with Gasteiger partial charge in [0.1, 0.15) is 0 Å². The Balaban J connectivity index is 1.43. The molecule has 4 aromatic rings. The highest BCUT2D eigenvalue weighted by atomic mass is 32.1. The Labute approximate surface area is 588 Å². The molecule has 6 rings (SSSR count). The van der Waals surface area contributed by atoms with Crippen molar-refractivity contribution in [1.82, 2.24) is 0 Å². The van der Waals surface area contributed by atoms with E-state index < -0.39 is 52.8 Å². The minimum absolute atomic E-state index is 0.459. The van der Waals surface area contributed by atoms with Crippen LogP contribution in [0, 0.1) is 11.8 Å². The van der Waals surface area contributed by atoms with Crippen LogP contribution in [0.2, 0.25) is 39.3 Å². The van der Waals surface area contributed by atoms with Gasteiger partial charge in [0.15, 0.2) is 0 Å². The first-order valence-corrected chi connectivity index (χ1v) is 49.6. The predicted molar refractivity (Wildman–Crippen MR) is 425 cm³/mol. The molecule has 2 saturated heterocycles. The van der Waals surface area contributed by atoms with E-state index in [1.165, 1.54) is 310 Å². The molecule has 4 aromatic heterocycles. The Morgan fingerprint density at radius 1 is 0.326 bits per heavy atom. The van der Waals surface area contributed by atoms with Gasteiger partial charge in [0.2, 0.25) is 0 Å². The van der Waals surface area contributed by atoms with Crippen molar-refractivity contribution >= 4 is 104 Å². The first-order chi connectivity index (χ1) is 43.8. The number of rotatable bonds is 50. The Bertz CT molecular complexity index is 2470. The summed E-state index contributed by atoms with van der Waals surface area (Å²) in [5.74, 6) is 1.44. The molecule has 524 valence electrons. The van der Waals surface area contributed by atoms with Crippen molar-refractivity contribution in [3.8, 4) is 20.9 Å². The van der Waals surface area contributed by atoms with E-state index in [9.17, 15) is 0 Å². The summed E-state index contributed by atoms with van der Waals surface area (Å²) in [7, 11) is -4.49. The van der Waals surface area contributed by atoms with Crippen molar-refractivity contribution in [3.63, 3.8) is 0 Å². The molecule has 0 spiro atoms. The third-order valence-corrected chi connectivity index (χ3v) is 34.1. The zero-order valence-electron chi connectivity index (χ0n) is 63.4. The Morgan fingerprint density at radius 3 is 0.761 bits per heavy atom. The smallest absolute Gasteiger partial charge is 0.399 e. The van der Waals surface area contributed by atoms with Crippen LogP contribution in [-0.2, 0) is 31.5 Å². The maximum Gasteiger partial charge on any atom is 0.506 e. The summed E-state index contributed by atoms with van der Waals surface area (Å²) in [6.07, 6.45) is 58.0. The summed E-state index contributed by atoms with van der Waals surface area (Å²) < 4.78 is 37.5. The van der Waals surface area contributed by atoms with E-state index in [1.54, 1.807) is 20.1 Å². The fourth-order valence-electron chi connectivity index (χ4n) is 14.6. The number of thiophene rings is 4. The van der Waals surface area contributed by atoms with Crippen LogP contribution in [0.3, 0.4) is 0 Å². The number of hydrogen-bond donors (Lipinski definition) is 0. The van der Waals surface area contributed by atoms with E-state index >= 15 is 0 Å². The van der Waals surface area contributed by atoms with Gasteiger partial charge in [-0.1, -0.05) is 324 Å². The van der Waals surface area contributed by atoms with Crippen LogP contribution in [-0.4, -0.2) is 52.8 Å². The molecule has 0 aliphatic carbocycles. The summed E-state index contributed by atoms with van der Waals surface area (Å²) in [5.41, 5.74) is 4.15. The molecule has 92 heavy (non-hydrogen) atoms. The van der Waals surface area contributed by atoms with Crippen LogP contribution >= 0.6 is 45.3 Å². The minimum atomic E-state index is -1.78. The highest BCUT2D eigenvalue weighted by Gasteiger charge is 2.56. The van der Waals surface area contributed by atoms with Crippen LogP contribution in [0.5, 0.6) is 0 Å². The molecule has 0 N–H and O–H groups in total. The summed E-state index contributed by atoms with van der Waals surface area (Å²) in [5, 5.41) is 0. The fraction of sp³-hybridized carbons (Fsp3) is 0.825. The zero-order valence-corrected chi connectivity index (χ0v) is 68.7.